The first-order chi connectivity index (χ1) is 18.9. The summed E-state index contributed by atoms with van der Waals surface area (Å²) in [5.41, 5.74) is 2.56. The smallest absolute Gasteiger partial charge is 0.323 e. The van der Waals surface area contributed by atoms with Gasteiger partial charge >= 0.3 is 12.1 Å². The molecule has 1 saturated heterocycles. The van der Waals surface area contributed by atoms with Crippen molar-refractivity contribution in [3.8, 4) is 11.5 Å². The predicted molar refractivity (Wildman–Crippen MR) is 151 cm³/mol. The molecule has 0 radical (unpaired) electrons. The fourth-order valence-electron chi connectivity index (χ4n) is 4.04. The molecule has 2 aromatic carbocycles. The summed E-state index contributed by atoms with van der Waals surface area (Å²) in [5, 5.41) is 17.7. The Morgan fingerprint density at radius 3 is 2.49 bits per heavy atom. The summed E-state index contributed by atoms with van der Waals surface area (Å²) < 4.78 is 10.7. The van der Waals surface area contributed by atoms with E-state index in [0.717, 1.165) is 11.4 Å². The zero-order valence-corrected chi connectivity index (χ0v) is 22.5. The Labute approximate surface area is 231 Å². The molecule has 1 aliphatic heterocycles. The van der Waals surface area contributed by atoms with Crippen LogP contribution in [0, 0.1) is 6.92 Å². The van der Waals surface area contributed by atoms with Crippen molar-refractivity contribution in [3.63, 3.8) is 0 Å². The monoisotopic (exact) mass is 554 g/mol. The number of benzene rings is 2. The number of anilines is 4. The van der Waals surface area contributed by atoms with Crippen LogP contribution >= 0.6 is 11.6 Å². The number of rotatable bonds is 8. The average molecular weight is 555 g/mol. The number of methoxy groups -OCH3 is 1. The maximum Gasteiger partial charge on any atom is 0.323 e. The first kappa shape index (κ1) is 27.8. The highest BCUT2D eigenvalue weighted by molar-refractivity contribution is 6.33. The minimum atomic E-state index is -0.404. The van der Waals surface area contributed by atoms with E-state index in [1.165, 1.54) is 0 Å². The molecular weight excluding hydrogens is 524 g/mol. The highest BCUT2D eigenvalue weighted by Gasteiger charge is 2.23. The van der Waals surface area contributed by atoms with Gasteiger partial charge in [-0.25, -0.2) is 14.6 Å². The number of ether oxygens (including phenoxy) is 2. The third kappa shape index (κ3) is 7.43. The lowest BCUT2D eigenvalue weighted by molar-refractivity contribution is 0.201. The maximum atomic E-state index is 12.8. The lowest BCUT2D eigenvalue weighted by atomic mass is 10.2. The molecule has 2 heterocycles. The number of hydrogen-bond acceptors (Lipinski definition) is 7. The van der Waals surface area contributed by atoms with Crippen LogP contribution in [-0.4, -0.2) is 73.6 Å². The van der Waals surface area contributed by atoms with Crippen molar-refractivity contribution in [1.29, 1.82) is 0 Å². The number of aromatic nitrogens is 1. The van der Waals surface area contributed by atoms with Gasteiger partial charge < -0.3 is 40.3 Å². The summed E-state index contributed by atoms with van der Waals surface area (Å²) in [6.07, 6.45) is 1.59. The summed E-state index contributed by atoms with van der Waals surface area (Å²) in [5.74, 6) is 1.82. The number of urea groups is 2. The van der Waals surface area contributed by atoms with Crippen molar-refractivity contribution < 1.29 is 24.2 Å². The number of nitrogens with one attached hydrogen (secondary N) is 3. The fraction of sp³-hybridized carbons (Fsp3) is 0.296. The van der Waals surface area contributed by atoms with Crippen molar-refractivity contribution in [2.24, 2.45) is 0 Å². The molecule has 0 unspecified atom stereocenters. The molecule has 1 fully saturated rings. The zero-order chi connectivity index (χ0) is 27.8. The molecule has 0 bridgehead atoms. The second kappa shape index (κ2) is 13.0. The largest absolute Gasteiger partial charge is 0.495 e. The summed E-state index contributed by atoms with van der Waals surface area (Å²) in [7, 11) is 1.55. The molecule has 0 saturated carbocycles. The Bertz CT molecular complexity index is 1300. The number of aryl methyl sites for hydroxylation is 1. The molecular formula is C27H31ClN6O5. The number of aliphatic hydroxyl groups is 1. The first-order valence-electron chi connectivity index (χ1n) is 12.4. The second-order valence-electron chi connectivity index (χ2n) is 8.81. The molecule has 11 nitrogen and oxygen atoms in total. The van der Waals surface area contributed by atoms with Gasteiger partial charge in [0.25, 0.3) is 0 Å². The van der Waals surface area contributed by atoms with E-state index in [-0.39, 0.29) is 19.2 Å². The Morgan fingerprint density at radius 2 is 1.79 bits per heavy atom. The predicted octanol–water partition coefficient (Wildman–Crippen LogP) is 4.42. The Balaban J connectivity index is 1.28. The SMILES string of the molecule is COc1ccc(C)cc1NC(=O)Nc1ccc(N2CCN(C(=O)Nc3cc(OCCO)ccc3Cl)CC2)nc1. The van der Waals surface area contributed by atoms with Gasteiger partial charge in [-0.15, -0.1) is 0 Å². The van der Waals surface area contributed by atoms with Gasteiger partial charge in [-0.1, -0.05) is 17.7 Å². The number of hydrogen-bond donors (Lipinski definition) is 4. The van der Waals surface area contributed by atoms with Crippen LogP contribution in [0.5, 0.6) is 11.5 Å². The van der Waals surface area contributed by atoms with E-state index in [9.17, 15) is 9.59 Å². The number of halogens is 1. The van der Waals surface area contributed by atoms with Crippen LogP contribution in [0.25, 0.3) is 0 Å². The van der Waals surface area contributed by atoms with E-state index in [2.05, 4.69) is 25.8 Å². The number of amides is 4. The lowest BCUT2D eigenvalue weighted by Gasteiger charge is -2.35. The number of pyridine rings is 1. The lowest BCUT2D eigenvalue weighted by Crippen LogP contribution is -2.50. The molecule has 3 aromatic rings. The average Bonchev–Trinajstić information content (AvgIpc) is 2.94. The van der Waals surface area contributed by atoms with Crippen LogP contribution in [0.3, 0.4) is 0 Å². The first-order valence-corrected chi connectivity index (χ1v) is 12.8. The van der Waals surface area contributed by atoms with Gasteiger partial charge in [0.2, 0.25) is 0 Å². The van der Waals surface area contributed by atoms with Crippen molar-refractivity contribution in [1.82, 2.24) is 9.88 Å². The van der Waals surface area contributed by atoms with Crippen LogP contribution < -0.4 is 30.3 Å². The highest BCUT2D eigenvalue weighted by atomic mass is 35.5. The summed E-state index contributed by atoms with van der Waals surface area (Å²) in [6, 6.07) is 13.4. The Kier molecular flexibility index (Phi) is 9.29. The van der Waals surface area contributed by atoms with Gasteiger partial charge in [0.05, 0.1) is 42.0 Å². The zero-order valence-electron chi connectivity index (χ0n) is 21.7. The molecule has 206 valence electrons. The van der Waals surface area contributed by atoms with Crippen LogP contribution in [0.15, 0.2) is 54.7 Å². The molecule has 0 spiro atoms. The van der Waals surface area contributed by atoms with Crippen molar-refractivity contribution in [2.75, 3.05) is 67.4 Å². The Hall–Kier alpha value is -4.22. The van der Waals surface area contributed by atoms with Gasteiger partial charge in [0.15, 0.2) is 0 Å². The quantitative estimate of drug-likeness (QED) is 0.324. The van der Waals surface area contributed by atoms with Crippen LogP contribution in [0.1, 0.15) is 5.56 Å². The third-order valence-electron chi connectivity index (χ3n) is 6.04. The van der Waals surface area contributed by atoms with E-state index in [0.29, 0.717) is 59.8 Å². The minimum absolute atomic E-state index is 0.109. The van der Waals surface area contributed by atoms with Crippen LogP contribution in [0.4, 0.5) is 32.5 Å². The number of nitrogens with zero attached hydrogens (tertiary/aromatic N) is 3. The van der Waals surface area contributed by atoms with Gasteiger partial charge in [-0.2, -0.15) is 0 Å². The second-order valence-corrected chi connectivity index (χ2v) is 9.21. The molecule has 0 atom stereocenters. The molecule has 1 aromatic heterocycles. The van der Waals surface area contributed by atoms with E-state index >= 15 is 0 Å². The summed E-state index contributed by atoms with van der Waals surface area (Å²) >= 11 is 6.23. The van der Waals surface area contributed by atoms with E-state index in [4.69, 9.17) is 26.2 Å². The Morgan fingerprint density at radius 1 is 1.00 bits per heavy atom. The number of carbonyl (C=O) groups is 2. The molecule has 4 amide bonds. The van der Waals surface area contributed by atoms with Crippen molar-refractivity contribution in [2.45, 2.75) is 6.92 Å². The van der Waals surface area contributed by atoms with Crippen molar-refractivity contribution >= 4 is 46.5 Å². The van der Waals surface area contributed by atoms with Gasteiger partial charge in [0.1, 0.15) is 23.9 Å². The minimum Gasteiger partial charge on any atom is -0.495 e. The molecule has 0 aliphatic carbocycles. The summed E-state index contributed by atoms with van der Waals surface area (Å²) in [4.78, 5) is 33.6. The maximum absolute atomic E-state index is 12.8. The number of piperazine rings is 1. The van der Waals surface area contributed by atoms with E-state index < -0.39 is 6.03 Å². The van der Waals surface area contributed by atoms with Crippen LogP contribution in [0.2, 0.25) is 5.02 Å². The van der Waals surface area contributed by atoms with E-state index in [1.54, 1.807) is 48.5 Å². The molecule has 12 heteroatoms. The standard InChI is InChI=1S/C27H31ClN6O5/c1-18-3-7-24(38-2)23(15-18)31-26(36)30-19-4-8-25(29-17-19)33-9-11-34(12-10-33)27(37)32-22-16-20(39-14-13-35)5-6-21(22)28/h3-8,15-17,35H,9-14H2,1-2H3,(H,32,37)(H2,30,31,36). The molecule has 4 N–H and O–H groups in total. The summed E-state index contributed by atoms with van der Waals surface area (Å²) in [6.45, 7) is 4.14. The normalized spacial score (nSPS) is 13.0. The number of carbonyl (C=O) groups excluding carboxylic acids is 2. The number of aliphatic hydroxyl groups excluding tert-OH is 1. The van der Waals surface area contributed by atoms with Gasteiger partial charge in [0, 0.05) is 32.2 Å². The van der Waals surface area contributed by atoms with Gasteiger partial charge in [-0.05, 0) is 48.9 Å². The molecule has 4 rings (SSSR count). The third-order valence-corrected chi connectivity index (χ3v) is 6.37. The van der Waals surface area contributed by atoms with Crippen LogP contribution in [-0.2, 0) is 0 Å². The van der Waals surface area contributed by atoms with Gasteiger partial charge in [-0.3, -0.25) is 0 Å². The fourth-order valence-corrected chi connectivity index (χ4v) is 4.20. The highest BCUT2D eigenvalue weighted by Crippen LogP contribution is 2.28. The van der Waals surface area contributed by atoms with E-state index in [1.807, 2.05) is 25.1 Å². The molecule has 39 heavy (non-hydrogen) atoms. The van der Waals surface area contributed by atoms with Crippen molar-refractivity contribution in [3.05, 3.63) is 65.3 Å². The molecule has 1 aliphatic rings. The topological polar surface area (TPSA) is 128 Å².